The van der Waals surface area contributed by atoms with Gasteiger partial charge in [-0.15, -0.1) is 5.73 Å². The molecule has 8 heavy (non-hydrogen) atoms. The minimum Gasteiger partial charge on any atom is -0.126 e. The van der Waals surface area contributed by atoms with E-state index in [1.807, 2.05) is 0 Å². The van der Waals surface area contributed by atoms with Crippen LogP contribution in [0.1, 0.15) is 26.7 Å². The van der Waals surface area contributed by atoms with Crippen LogP contribution in [0, 0.1) is 5.92 Å². The van der Waals surface area contributed by atoms with Crippen molar-refractivity contribution < 1.29 is 0 Å². The first kappa shape index (κ1) is 5.65. The Bertz CT molecular complexity index is 128. The Labute approximate surface area is 50.9 Å². The highest BCUT2D eigenvalue weighted by Crippen LogP contribution is 2.29. The van der Waals surface area contributed by atoms with Gasteiger partial charge in [-0.05, 0) is 44.3 Å². The third-order valence-corrected chi connectivity index (χ3v) is 1.23. The third-order valence-electron chi connectivity index (χ3n) is 1.23. The summed E-state index contributed by atoms with van der Waals surface area (Å²) in [6.07, 6.45) is 4.97. The molecule has 0 aromatic heterocycles. The SMILES string of the molecule is CC(C)=C=CC1CC1. The fraction of sp³-hybridized carbons (Fsp3) is 0.625. The Morgan fingerprint density at radius 2 is 2.12 bits per heavy atom. The summed E-state index contributed by atoms with van der Waals surface area (Å²) in [5.74, 6) is 0.880. The van der Waals surface area contributed by atoms with Crippen LogP contribution in [-0.4, -0.2) is 0 Å². The van der Waals surface area contributed by atoms with E-state index in [9.17, 15) is 0 Å². The molecule has 0 unspecified atom stereocenters. The molecule has 0 nitrogen and oxygen atoms in total. The Balaban J connectivity index is 2.43. The molecule has 1 aliphatic rings. The van der Waals surface area contributed by atoms with Gasteiger partial charge in [0.25, 0.3) is 0 Å². The van der Waals surface area contributed by atoms with Gasteiger partial charge < -0.3 is 0 Å². The van der Waals surface area contributed by atoms with Crippen LogP contribution in [0.4, 0.5) is 0 Å². The largest absolute Gasteiger partial charge is 0.126 e. The molecule has 0 aliphatic heterocycles. The molecule has 0 heterocycles. The summed E-state index contributed by atoms with van der Waals surface area (Å²) in [5.41, 5.74) is 4.49. The third kappa shape index (κ3) is 1.99. The normalized spacial score (nSPS) is 17.2. The zero-order valence-electron chi connectivity index (χ0n) is 5.57. The maximum Gasteiger partial charge on any atom is -0.0157 e. The molecule has 44 valence electrons. The lowest BCUT2D eigenvalue weighted by molar-refractivity contribution is 1.12. The Hall–Kier alpha value is -0.480. The summed E-state index contributed by atoms with van der Waals surface area (Å²) in [7, 11) is 0. The average Bonchev–Trinajstić information content (AvgIpc) is 2.41. The molecule has 0 aromatic carbocycles. The van der Waals surface area contributed by atoms with E-state index in [1.165, 1.54) is 18.4 Å². The number of rotatable bonds is 1. The van der Waals surface area contributed by atoms with Crippen molar-refractivity contribution in [1.82, 2.24) is 0 Å². The first-order chi connectivity index (χ1) is 3.79. The smallest absolute Gasteiger partial charge is 0.0157 e. The average molecular weight is 108 g/mol. The molecular formula is C8H12. The summed E-state index contributed by atoms with van der Waals surface area (Å²) in [4.78, 5) is 0. The van der Waals surface area contributed by atoms with E-state index in [2.05, 4.69) is 25.7 Å². The molecule has 0 aromatic rings. The highest BCUT2D eigenvalue weighted by atomic mass is 14.2. The fourth-order valence-corrected chi connectivity index (χ4v) is 0.547. The quantitative estimate of drug-likeness (QED) is 0.453. The van der Waals surface area contributed by atoms with Gasteiger partial charge >= 0.3 is 0 Å². The summed E-state index contributed by atoms with van der Waals surface area (Å²) in [6, 6.07) is 0. The van der Waals surface area contributed by atoms with Crippen LogP contribution in [0.3, 0.4) is 0 Å². The molecule has 1 rings (SSSR count). The van der Waals surface area contributed by atoms with Gasteiger partial charge in [0, 0.05) is 0 Å². The minimum absolute atomic E-state index is 0.880. The summed E-state index contributed by atoms with van der Waals surface area (Å²) in [5, 5.41) is 0. The van der Waals surface area contributed by atoms with Gasteiger partial charge in [-0.2, -0.15) is 0 Å². The lowest BCUT2D eigenvalue weighted by atomic mass is 10.3. The van der Waals surface area contributed by atoms with E-state index in [0.29, 0.717) is 0 Å². The molecular weight excluding hydrogens is 96.1 g/mol. The second-order valence-corrected chi connectivity index (χ2v) is 2.65. The molecule has 0 heteroatoms. The summed E-state index contributed by atoms with van der Waals surface area (Å²) < 4.78 is 0. The van der Waals surface area contributed by atoms with Gasteiger partial charge in [-0.1, -0.05) is 0 Å². The first-order valence-corrected chi connectivity index (χ1v) is 3.19. The molecule has 1 aliphatic carbocycles. The maximum atomic E-state index is 3.20. The number of allylic oxidation sites excluding steroid dienone is 1. The number of hydrogen-bond donors (Lipinski definition) is 0. The lowest BCUT2D eigenvalue weighted by Gasteiger charge is -1.75. The van der Waals surface area contributed by atoms with Gasteiger partial charge in [0.2, 0.25) is 0 Å². The molecule has 0 atom stereocenters. The Kier molecular flexibility index (Phi) is 1.55. The van der Waals surface area contributed by atoms with E-state index < -0.39 is 0 Å². The predicted molar refractivity (Wildman–Crippen MR) is 35.7 cm³/mol. The maximum absolute atomic E-state index is 3.20. The highest BCUT2D eigenvalue weighted by molar-refractivity contribution is 5.00. The van der Waals surface area contributed by atoms with Crippen LogP contribution in [0.25, 0.3) is 0 Å². The van der Waals surface area contributed by atoms with Crippen LogP contribution in [0.15, 0.2) is 17.4 Å². The lowest BCUT2D eigenvalue weighted by Crippen LogP contribution is -1.58. The van der Waals surface area contributed by atoms with Gasteiger partial charge in [0.1, 0.15) is 0 Å². The zero-order valence-corrected chi connectivity index (χ0v) is 5.57. The standard InChI is InChI=1S/C8H12/c1-7(2)3-4-8-5-6-8/h4,8H,5-6H2,1-2H3. The highest BCUT2D eigenvalue weighted by Gasteiger charge is 2.16. The second kappa shape index (κ2) is 2.19. The fourth-order valence-electron chi connectivity index (χ4n) is 0.547. The minimum atomic E-state index is 0.880. The van der Waals surface area contributed by atoms with Crippen molar-refractivity contribution in [1.29, 1.82) is 0 Å². The van der Waals surface area contributed by atoms with Crippen LogP contribution >= 0.6 is 0 Å². The monoisotopic (exact) mass is 108 g/mol. The van der Waals surface area contributed by atoms with Gasteiger partial charge in [0.05, 0.1) is 0 Å². The van der Waals surface area contributed by atoms with Crippen LogP contribution in [0.2, 0.25) is 0 Å². The second-order valence-electron chi connectivity index (χ2n) is 2.65. The van der Waals surface area contributed by atoms with E-state index in [0.717, 1.165) is 5.92 Å². The van der Waals surface area contributed by atoms with Gasteiger partial charge in [-0.25, -0.2) is 0 Å². The Morgan fingerprint density at radius 3 is 2.50 bits per heavy atom. The van der Waals surface area contributed by atoms with Crippen molar-refractivity contribution in [3.63, 3.8) is 0 Å². The summed E-state index contributed by atoms with van der Waals surface area (Å²) >= 11 is 0. The molecule has 0 radical (unpaired) electrons. The molecule has 0 N–H and O–H groups in total. The van der Waals surface area contributed by atoms with E-state index >= 15 is 0 Å². The Morgan fingerprint density at radius 1 is 1.50 bits per heavy atom. The van der Waals surface area contributed by atoms with Crippen LogP contribution in [-0.2, 0) is 0 Å². The van der Waals surface area contributed by atoms with E-state index in [-0.39, 0.29) is 0 Å². The summed E-state index contributed by atoms with van der Waals surface area (Å²) in [6.45, 7) is 4.16. The topological polar surface area (TPSA) is 0 Å². The van der Waals surface area contributed by atoms with Gasteiger partial charge in [-0.3, -0.25) is 0 Å². The van der Waals surface area contributed by atoms with Crippen molar-refractivity contribution in [3.05, 3.63) is 17.4 Å². The van der Waals surface area contributed by atoms with E-state index in [4.69, 9.17) is 0 Å². The molecule has 0 bridgehead atoms. The number of hydrogen-bond acceptors (Lipinski definition) is 0. The predicted octanol–water partition coefficient (Wildman–Crippen LogP) is 2.52. The van der Waals surface area contributed by atoms with Crippen LogP contribution < -0.4 is 0 Å². The van der Waals surface area contributed by atoms with Crippen molar-refractivity contribution in [2.75, 3.05) is 0 Å². The first-order valence-electron chi connectivity index (χ1n) is 3.19. The van der Waals surface area contributed by atoms with Crippen molar-refractivity contribution >= 4 is 0 Å². The molecule has 0 saturated heterocycles. The van der Waals surface area contributed by atoms with Crippen LogP contribution in [0.5, 0.6) is 0 Å². The van der Waals surface area contributed by atoms with Crippen molar-refractivity contribution in [2.24, 2.45) is 5.92 Å². The molecule has 0 amide bonds. The van der Waals surface area contributed by atoms with Crippen molar-refractivity contribution in [3.8, 4) is 0 Å². The molecule has 1 saturated carbocycles. The zero-order chi connectivity index (χ0) is 5.98. The van der Waals surface area contributed by atoms with Gasteiger partial charge in [0.15, 0.2) is 0 Å². The van der Waals surface area contributed by atoms with E-state index in [1.54, 1.807) is 0 Å². The molecule has 0 spiro atoms. The molecule has 1 fully saturated rings. The van der Waals surface area contributed by atoms with Crippen molar-refractivity contribution in [2.45, 2.75) is 26.7 Å².